The largest absolute Gasteiger partial charge is 0.481 e. The van der Waals surface area contributed by atoms with Gasteiger partial charge in [-0.3, -0.25) is 0 Å². The monoisotopic (exact) mass is 339 g/mol. The van der Waals surface area contributed by atoms with Gasteiger partial charge in [0.25, 0.3) is 0 Å². The molecule has 2 aromatic heterocycles. The first-order chi connectivity index (χ1) is 9.58. The zero-order valence-electron chi connectivity index (χ0n) is 10.2. The first-order valence-electron chi connectivity index (χ1n) is 5.64. The van der Waals surface area contributed by atoms with Gasteiger partial charge >= 0.3 is 0 Å². The lowest BCUT2D eigenvalue weighted by molar-refractivity contribution is 0.399. The van der Waals surface area contributed by atoms with Crippen LogP contribution < -0.4 is 4.74 Å². The molecule has 20 heavy (non-hydrogen) atoms. The number of pyridine rings is 1. The van der Waals surface area contributed by atoms with Crippen LogP contribution in [-0.4, -0.2) is 22.1 Å². The van der Waals surface area contributed by atoms with Crippen LogP contribution in [0.2, 0.25) is 0 Å². The fourth-order valence-corrected chi connectivity index (χ4v) is 2.28. The molecular formula is C13H8BrF2N3O. The van der Waals surface area contributed by atoms with Gasteiger partial charge in [0.1, 0.15) is 17.5 Å². The summed E-state index contributed by atoms with van der Waals surface area (Å²) in [6.45, 7) is 0. The van der Waals surface area contributed by atoms with Crippen LogP contribution >= 0.6 is 15.9 Å². The Kier molecular flexibility index (Phi) is 3.13. The predicted molar refractivity (Wildman–Crippen MR) is 73.5 cm³/mol. The smallest absolute Gasteiger partial charge is 0.215 e. The fourth-order valence-electron chi connectivity index (χ4n) is 1.88. The van der Waals surface area contributed by atoms with Crippen LogP contribution in [0, 0.1) is 11.6 Å². The molecule has 3 rings (SSSR count). The van der Waals surface area contributed by atoms with Gasteiger partial charge < -0.3 is 9.72 Å². The van der Waals surface area contributed by atoms with E-state index in [4.69, 9.17) is 4.74 Å². The van der Waals surface area contributed by atoms with Gasteiger partial charge in [0, 0.05) is 10.5 Å². The van der Waals surface area contributed by atoms with E-state index in [0.717, 1.165) is 0 Å². The highest BCUT2D eigenvalue weighted by Gasteiger charge is 2.17. The molecule has 0 spiro atoms. The molecule has 0 aliphatic rings. The second kappa shape index (κ2) is 4.82. The summed E-state index contributed by atoms with van der Waals surface area (Å²) in [5.74, 6) is -0.943. The third-order valence-corrected chi connectivity index (χ3v) is 3.23. The molecule has 3 aromatic rings. The number of hydrogen-bond donors (Lipinski definition) is 1. The van der Waals surface area contributed by atoms with Crippen molar-refractivity contribution < 1.29 is 13.5 Å². The quantitative estimate of drug-likeness (QED) is 0.774. The summed E-state index contributed by atoms with van der Waals surface area (Å²) >= 11 is 3.03. The number of aromatic nitrogens is 3. The average molecular weight is 340 g/mol. The van der Waals surface area contributed by atoms with Crippen molar-refractivity contribution in [3.8, 4) is 17.3 Å². The Bertz CT molecular complexity index is 780. The summed E-state index contributed by atoms with van der Waals surface area (Å²) in [7, 11) is 1.48. The van der Waals surface area contributed by atoms with Gasteiger partial charge in [-0.1, -0.05) is 15.9 Å². The summed E-state index contributed by atoms with van der Waals surface area (Å²) in [6, 6.07) is 5.68. The summed E-state index contributed by atoms with van der Waals surface area (Å²) in [4.78, 5) is 11.0. The van der Waals surface area contributed by atoms with Crippen molar-refractivity contribution in [3.63, 3.8) is 0 Å². The topological polar surface area (TPSA) is 50.8 Å². The number of halogens is 3. The van der Waals surface area contributed by atoms with Gasteiger partial charge in [-0.2, -0.15) is 4.98 Å². The Balaban J connectivity index is 2.20. The minimum atomic E-state index is -0.706. The molecule has 0 aliphatic heterocycles. The van der Waals surface area contributed by atoms with E-state index in [1.54, 1.807) is 12.1 Å². The highest BCUT2D eigenvalue weighted by molar-refractivity contribution is 9.10. The van der Waals surface area contributed by atoms with E-state index in [0.29, 0.717) is 21.5 Å². The normalized spacial score (nSPS) is 11.0. The van der Waals surface area contributed by atoms with Gasteiger partial charge in [-0.25, -0.2) is 13.8 Å². The molecule has 0 bridgehead atoms. The van der Waals surface area contributed by atoms with Gasteiger partial charge in [0.15, 0.2) is 5.65 Å². The zero-order chi connectivity index (χ0) is 14.3. The Morgan fingerprint density at radius 3 is 2.50 bits per heavy atom. The van der Waals surface area contributed by atoms with Gasteiger partial charge in [-0.15, -0.1) is 0 Å². The number of rotatable bonds is 2. The third-order valence-electron chi connectivity index (χ3n) is 2.77. The van der Waals surface area contributed by atoms with Crippen molar-refractivity contribution in [1.29, 1.82) is 0 Å². The summed E-state index contributed by atoms with van der Waals surface area (Å²) in [5.41, 5.74) is 0.689. The van der Waals surface area contributed by atoms with Crippen LogP contribution in [0.3, 0.4) is 0 Å². The van der Waals surface area contributed by atoms with E-state index < -0.39 is 11.6 Å². The van der Waals surface area contributed by atoms with Gasteiger partial charge in [0.2, 0.25) is 5.88 Å². The van der Waals surface area contributed by atoms with Crippen LogP contribution in [0.25, 0.3) is 22.6 Å². The molecule has 102 valence electrons. The summed E-state index contributed by atoms with van der Waals surface area (Å²) in [5, 5.41) is 0. The predicted octanol–water partition coefficient (Wildman–Crippen LogP) is 3.67. The molecule has 0 atom stereocenters. The fraction of sp³-hybridized carbons (Fsp3) is 0.0769. The maximum absolute atomic E-state index is 13.9. The van der Waals surface area contributed by atoms with E-state index in [9.17, 15) is 8.78 Å². The van der Waals surface area contributed by atoms with Crippen LogP contribution in [0.1, 0.15) is 0 Å². The number of methoxy groups -OCH3 is 1. The van der Waals surface area contributed by atoms with E-state index in [1.807, 2.05) is 0 Å². The van der Waals surface area contributed by atoms with Crippen molar-refractivity contribution in [3.05, 3.63) is 40.4 Å². The molecule has 0 unspecified atom stereocenters. The number of benzene rings is 1. The number of hydrogen-bond acceptors (Lipinski definition) is 3. The Hall–Kier alpha value is -2.02. The zero-order valence-corrected chi connectivity index (χ0v) is 11.8. The number of ether oxygens (including phenoxy) is 1. The number of fused-ring (bicyclic) bond motifs is 1. The molecule has 0 saturated carbocycles. The van der Waals surface area contributed by atoms with Crippen molar-refractivity contribution in [2.75, 3.05) is 7.11 Å². The molecule has 0 fully saturated rings. The second-order valence-electron chi connectivity index (χ2n) is 4.05. The van der Waals surface area contributed by atoms with Crippen molar-refractivity contribution in [2.24, 2.45) is 0 Å². The van der Waals surface area contributed by atoms with Gasteiger partial charge in [0.05, 0.1) is 18.2 Å². The second-order valence-corrected chi connectivity index (χ2v) is 4.97. The van der Waals surface area contributed by atoms with Crippen LogP contribution in [0.5, 0.6) is 5.88 Å². The van der Waals surface area contributed by atoms with Crippen molar-refractivity contribution in [2.45, 2.75) is 0 Å². The molecule has 7 heteroatoms. The highest BCUT2D eigenvalue weighted by Crippen LogP contribution is 2.28. The van der Waals surface area contributed by atoms with E-state index in [2.05, 4.69) is 30.9 Å². The number of nitrogens with one attached hydrogen (secondary N) is 1. The molecule has 0 saturated heterocycles. The number of imidazole rings is 1. The molecule has 1 aromatic carbocycles. The maximum Gasteiger partial charge on any atom is 0.215 e. The maximum atomic E-state index is 13.9. The highest BCUT2D eigenvalue weighted by atomic mass is 79.9. The van der Waals surface area contributed by atoms with E-state index in [1.165, 1.54) is 19.2 Å². The summed E-state index contributed by atoms with van der Waals surface area (Å²) < 4.78 is 33.1. The third kappa shape index (κ3) is 2.14. The van der Waals surface area contributed by atoms with Gasteiger partial charge in [-0.05, 0) is 18.2 Å². The molecule has 0 aliphatic carbocycles. The first kappa shape index (κ1) is 13.0. The number of nitrogens with zero attached hydrogens (tertiary/aromatic N) is 2. The average Bonchev–Trinajstić information content (AvgIpc) is 2.79. The lowest BCUT2D eigenvalue weighted by Crippen LogP contribution is -1.92. The number of H-pyrrole nitrogens is 1. The van der Waals surface area contributed by atoms with Crippen LogP contribution in [0.15, 0.2) is 28.7 Å². The minimum absolute atomic E-state index is 0.0863. The minimum Gasteiger partial charge on any atom is -0.481 e. The Morgan fingerprint density at radius 2 is 1.85 bits per heavy atom. The van der Waals surface area contributed by atoms with Crippen molar-refractivity contribution in [1.82, 2.24) is 15.0 Å². The Morgan fingerprint density at radius 1 is 1.15 bits per heavy atom. The SMILES string of the molecule is COc1ccc2[nH]c(-c3c(F)cc(Br)cc3F)nc2n1. The van der Waals surface area contributed by atoms with E-state index in [-0.39, 0.29) is 11.4 Å². The molecule has 2 heterocycles. The van der Waals surface area contributed by atoms with Crippen LogP contribution in [-0.2, 0) is 0 Å². The summed E-state index contributed by atoms with van der Waals surface area (Å²) in [6.07, 6.45) is 0. The molecule has 1 N–H and O–H groups in total. The lowest BCUT2D eigenvalue weighted by Gasteiger charge is -2.02. The van der Waals surface area contributed by atoms with E-state index >= 15 is 0 Å². The lowest BCUT2D eigenvalue weighted by atomic mass is 10.2. The number of aromatic amines is 1. The first-order valence-corrected chi connectivity index (χ1v) is 6.43. The van der Waals surface area contributed by atoms with Crippen molar-refractivity contribution >= 4 is 27.1 Å². The standard InChI is InChI=1S/C13H8BrF2N3O/c1-20-10-3-2-9-12(18-10)19-13(17-9)11-7(15)4-6(14)5-8(11)16/h2-5H,1H3,(H,17,18,19). The molecule has 0 amide bonds. The Labute approximate surface area is 120 Å². The molecule has 4 nitrogen and oxygen atoms in total. The molecule has 0 radical (unpaired) electrons. The molecular weight excluding hydrogens is 332 g/mol. The van der Waals surface area contributed by atoms with Crippen LogP contribution in [0.4, 0.5) is 8.78 Å².